The van der Waals surface area contributed by atoms with E-state index in [9.17, 15) is 19.1 Å². The number of hydrogen-bond acceptors (Lipinski definition) is 5. The fourth-order valence-corrected chi connectivity index (χ4v) is 3.87. The molecule has 0 radical (unpaired) electrons. The molecule has 1 aliphatic heterocycles. The predicted octanol–water partition coefficient (Wildman–Crippen LogP) is 4.11. The number of benzene rings is 3. The second-order valence-electron chi connectivity index (χ2n) is 7.64. The summed E-state index contributed by atoms with van der Waals surface area (Å²) in [4.78, 5) is 28.5. The van der Waals surface area contributed by atoms with E-state index < -0.39 is 11.9 Å². The minimum atomic E-state index is -1.13. The average Bonchev–Trinajstić information content (AvgIpc) is 2.84. The van der Waals surface area contributed by atoms with Crippen LogP contribution in [0.2, 0.25) is 0 Å². The number of carboxylic acid groups (broad SMARTS) is 1. The van der Waals surface area contributed by atoms with Gasteiger partial charge in [-0.25, -0.2) is 9.18 Å². The van der Waals surface area contributed by atoms with Crippen molar-refractivity contribution in [3.63, 3.8) is 0 Å². The van der Waals surface area contributed by atoms with Gasteiger partial charge in [0, 0.05) is 37.4 Å². The summed E-state index contributed by atoms with van der Waals surface area (Å²) in [5.74, 6) is -1.17. The minimum Gasteiger partial charge on any atom is -0.497 e. The maximum atomic E-state index is 14.1. The van der Waals surface area contributed by atoms with Crippen molar-refractivity contribution >= 4 is 28.9 Å². The number of carbonyl (C=O) groups excluding carboxylic acids is 1. The SMILES string of the molecule is COc1ccc(C(=O)Nc2ccc(N3CCN(c4ccccc4F)CC3)cc2C(=O)O)cc1. The van der Waals surface area contributed by atoms with Crippen molar-refractivity contribution < 1.29 is 23.8 Å². The molecule has 3 aromatic carbocycles. The number of carboxylic acids is 1. The largest absolute Gasteiger partial charge is 0.497 e. The number of anilines is 3. The third-order valence-electron chi connectivity index (χ3n) is 5.67. The number of piperazine rings is 1. The molecule has 1 aliphatic rings. The van der Waals surface area contributed by atoms with Crippen LogP contribution >= 0.6 is 0 Å². The van der Waals surface area contributed by atoms with Crippen LogP contribution in [0.25, 0.3) is 0 Å². The molecule has 0 atom stereocenters. The highest BCUT2D eigenvalue weighted by molar-refractivity contribution is 6.08. The Hall–Kier alpha value is -4.07. The van der Waals surface area contributed by atoms with E-state index in [0.29, 0.717) is 43.2 Å². The Morgan fingerprint density at radius 2 is 1.61 bits per heavy atom. The Bertz CT molecular complexity index is 1160. The molecule has 0 saturated carbocycles. The molecule has 2 N–H and O–H groups in total. The van der Waals surface area contributed by atoms with Gasteiger partial charge < -0.3 is 25.0 Å². The third kappa shape index (κ3) is 4.90. The van der Waals surface area contributed by atoms with Crippen LogP contribution in [0.1, 0.15) is 20.7 Å². The van der Waals surface area contributed by atoms with Crippen LogP contribution in [0.15, 0.2) is 66.7 Å². The Kier molecular flexibility index (Phi) is 6.44. The summed E-state index contributed by atoms with van der Waals surface area (Å²) < 4.78 is 19.2. The lowest BCUT2D eigenvalue weighted by atomic mass is 10.1. The monoisotopic (exact) mass is 449 g/mol. The number of nitrogens with one attached hydrogen (secondary N) is 1. The Morgan fingerprint density at radius 1 is 0.939 bits per heavy atom. The van der Waals surface area contributed by atoms with Gasteiger partial charge in [-0.05, 0) is 54.6 Å². The number of nitrogens with zero attached hydrogens (tertiary/aromatic N) is 2. The Labute approximate surface area is 191 Å². The van der Waals surface area contributed by atoms with Crippen molar-refractivity contribution in [2.45, 2.75) is 0 Å². The second-order valence-corrected chi connectivity index (χ2v) is 7.64. The number of aromatic carboxylic acids is 1. The van der Waals surface area contributed by atoms with Gasteiger partial charge in [-0.2, -0.15) is 0 Å². The van der Waals surface area contributed by atoms with E-state index in [4.69, 9.17) is 4.74 Å². The first kappa shape index (κ1) is 22.1. The zero-order valence-electron chi connectivity index (χ0n) is 18.1. The average molecular weight is 449 g/mol. The van der Waals surface area contributed by atoms with Crippen molar-refractivity contribution in [3.8, 4) is 5.75 Å². The lowest BCUT2D eigenvalue weighted by molar-refractivity contribution is 0.0698. The standard InChI is InChI=1S/C25H24FN3O4/c1-33-19-9-6-17(7-10-19)24(30)27-22-11-8-18(16-20(22)25(31)32)28-12-14-29(15-13-28)23-5-3-2-4-21(23)26/h2-11,16H,12-15H2,1H3,(H,27,30)(H,31,32). The zero-order chi connectivity index (χ0) is 23.4. The number of carbonyl (C=O) groups is 2. The van der Waals surface area contributed by atoms with Gasteiger partial charge in [0.05, 0.1) is 24.0 Å². The number of para-hydroxylation sites is 1. The molecule has 170 valence electrons. The van der Waals surface area contributed by atoms with E-state index in [2.05, 4.69) is 10.2 Å². The number of amides is 1. The molecular formula is C25H24FN3O4. The summed E-state index contributed by atoms with van der Waals surface area (Å²) in [6.45, 7) is 2.45. The summed E-state index contributed by atoms with van der Waals surface area (Å²) in [7, 11) is 1.54. The lowest BCUT2D eigenvalue weighted by Gasteiger charge is -2.37. The molecule has 0 spiro atoms. The molecule has 33 heavy (non-hydrogen) atoms. The second kappa shape index (κ2) is 9.60. The maximum absolute atomic E-state index is 14.1. The zero-order valence-corrected chi connectivity index (χ0v) is 18.1. The molecule has 1 heterocycles. The topological polar surface area (TPSA) is 82.1 Å². The molecule has 0 bridgehead atoms. The van der Waals surface area contributed by atoms with Crippen LogP contribution in [0, 0.1) is 5.82 Å². The highest BCUT2D eigenvalue weighted by atomic mass is 19.1. The van der Waals surface area contributed by atoms with E-state index in [0.717, 1.165) is 5.69 Å². The van der Waals surface area contributed by atoms with Crippen LogP contribution in [0.3, 0.4) is 0 Å². The minimum absolute atomic E-state index is 0.00546. The quantitative estimate of drug-likeness (QED) is 0.590. The van der Waals surface area contributed by atoms with Gasteiger partial charge >= 0.3 is 5.97 Å². The van der Waals surface area contributed by atoms with Crippen LogP contribution in [-0.4, -0.2) is 50.3 Å². The first-order valence-electron chi connectivity index (χ1n) is 10.5. The molecule has 0 aliphatic carbocycles. The van der Waals surface area contributed by atoms with Gasteiger partial charge in [-0.1, -0.05) is 12.1 Å². The van der Waals surface area contributed by atoms with Crippen molar-refractivity contribution in [1.29, 1.82) is 0 Å². The molecule has 7 nitrogen and oxygen atoms in total. The molecule has 1 fully saturated rings. The van der Waals surface area contributed by atoms with Gasteiger partial charge in [0.2, 0.25) is 0 Å². The first-order valence-corrected chi connectivity index (χ1v) is 10.5. The Balaban J connectivity index is 1.47. The number of halogens is 1. The highest BCUT2D eigenvalue weighted by Crippen LogP contribution is 2.27. The molecule has 3 aromatic rings. The van der Waals surface area contributed by atoms with Crippen LogP contribution in [-0.2, 0) is 0 Å². The van der Waals surface area contributed by atoms with Crippen LogP contribution in [0.5, 0.6) is 5.75 Å². The van der Waals surface area contributed by atoms with E-state index in [1.807, 2.05) is 11.0 Å². The highest BCUT2D eigenvalue weighted by Gasteiger charge is 2.22. The molecular weight excluding hydrogens is 425 g/mol. The van der Waals surface area contributed by atoms with Crippen molar-refractivity contribution in [3.05, 3.63) is 83.7 Å². The summed E-state index contributed by atoms with van der Waals surface area (Å²) in [6.07, 6.45) is 0. The number of ether oxygens (including phenoxy) is 1. The number of methoxy groups -OCH3 is 1. The fourth-order valence-electron chi connectivity index (χ4n) is 3.87. The summed E-state index contributed by atoms with van der Waals surface area (Å²) in [5, 5.41) is 12.4. The molecule has 4 rings (SSSR count). The van der Waals surface area contributed by atoms with Gasteiger partial charge in [0.1, 0.15) is 11.6 Å². The van der Waals surface area contributed by atoms with Crippen molar-refractivity contribution in [2.75, 3.05) is 48.4 Å². The van der Waals surface area contributed by atoms with E-state index in [-0.39, 0.29) is 17.1 Å². The van der Waals surface area contributed by atoms with E-state index in [1.54, 1.807) is 54.6 Å². The number of hydrogen-bond donors (Lipinski definition) is 2. The molecule has 0 unspecified atom stereocenters. The normalized spacial score (nSPS) is 13.5. The van der Waals surface area contributed by atoms with Gasteiger partial charge in [0.15, 0.2) is 0 Å². The maximum Gasteiger partial charge on any atom is 0.337 e. The summed E-state index contributed by atoms with van der Waals surface area (Å²) >= 11 is 0. The van der Waals surface area contributed by atoms with Gasteiger partial charge in [-0.15, -0.1) is 0 Å². The summed E-state index contributed by atoms with van der Waals surface area (Å²) in [5.41, 5.74) is 1.92. The predicted molar refractivity (Wildman–Crippen MR) is 125 cm³/mol. The first-order chi connectivity index (χ1) is 16.0. The van der Waals surface area contributed by atoms with Crippen LogP contribution < -0.4 is 19.9 Å². The molecule has 1 saturated heterocycles. The Morgan fingerprint density at radius 3 is 2.24 bits per heavy atom. The molecule has 1 amide bonds. The van der Waals surface area contributed by atoms with Crippen LogP contribution in [0.4, 0.5) is 21.5 Å². The van der Waals surface area contributed by atoms with E-state index >= 15 is 0 Å². The van der Waals surface area contributed by atoms with Crippen molar-refractivity contribution in [2.24, 2.45) is 0 Å². The van der Waals surface area contributed by atoms with Gasteiger partial charge in [0.25, 0.3) is 5.91 Å². The molecule has 0 aromatic heterocycles. The fraction of sp³-hybridized carbons (Fsp3) is 0.200. The smallest absolute Gasteiger partial charge is 0.337 e. The lowest BCUT2D eigenvalue weighted by Crippen LogP contribution is -2.46. The van der Waals surface area contributed by atoms with E-state index in [1.165, 1.54) is 13.2 Å². The number of rotatable bonds is 6. The van der Waals surface area contributed by atoms with Gasteiger partial charge in [-0.3, -0.25) is 4.79 Å². The summed E-state index contributed by atoms with van der Waals surface area (Å²) in [6, 6.07) is 18.2. The molecule has 8 heteroatoms. The third-order valence-corrected chi connectivity index (χ3v) is 5.67. The van der Waals surface area contributed by atoms with Crippen molar-refractivity contribution in [1.82, 2.24) is 0 Å².